The number of aryl methyl sites for hydroxylation is 1. The van der Waals surface area contributed by atoms with Gasteiger partial charge in [-0.3, -0.25) is 4.68 Å². The lowest BCUT2D eigenvalue weighted by Gasteiger charge is -2.24. The number of hydrogen-bond acceptors (Lipinski definition) is 5. The van der Waals surface area contributed by atoms with Gasteiger partial charge in [0.2, 0.25) is 5.82 Å². The number of hydrogen-bond donors (Lipinski definition) is 0. The van der Waals surface area contributed by atoms with Gasteiger partial charge < -0.3 is 9.26 Å². The molecule has 1 aliphatic rings. The second-order valence-corrected chi connectivity index (χ2v) is 7.28. The molecule has 7 heteroatoms. The van der Waals surface area contributed by atoms with E-state index in [1.165, 1.54) is 5.56 Å². The van der Waals surface area contributed by atoms with Crippen molar-refractivity contribution in [3.8, 4) is 23.0 Å². The van der Waals surface area contributed by atoms with Gasteiger partial charge in [0, 0.05) is 10.6 Å². The van der Waals surface area contributed by atoms with Crippen molar-refractivity contribution in [3.63, 3.8) is 0 Å². The Balaban J connectivity index is 1.40. The average Bonchev–Trinajstić information content (AvgIpc) is 3.35. The molecule has 0 fully saturated rings. The number of aromatic nitrogens is 4. The number of fused-ring (bicyclic) bond motifs is 1. The molecule has 4 aromatic rings. The average molecular weight is 393 g/mol. The molecule has 0 spiro atoms. The van der Waals surface area contributed by atoms with E-state index in [0.717, 1.165) is 16.8 Å². The molecule has 1 aliphatic heterocycles. The maximum Gasteiger partial charge on any atom is 0.278 e. The van der Waals surface area contributed by atoms with Crippen LogP contribution in [0.1, 0.15) is 22.9 Å². The summed E-state index contributed by atoms with van der Waals surface area (Å²) in [6.07, 6.45) is -0.0226. The van der Waals surface area contributed by atoms with Crippen LogP contribution in [-0.4, -0.2) is 19.9 Å². The van der Waals surface area contributed by atoms with E-state index in [0.29, 0.717) is 35.6 Å². The lowest BCUT2D eigenvalue weighted by molar-refractivity contribution is -0.00113. The molecular formula is C21H17ClN4O2. The van der Waals surface area contributed by atoms with E-state index < -0.39 is 0 Å². The van der Waals surface area contributed by atoms with Crippen molar-refractivity contribution in [1.29, 1.82) is 0 Å². The quantitative estimate of drug-likeness (QED) is 0.499. The largest absolute Gasteiger partial charge is 0.365 e. The summed E-state index contributed by atoms with van der Waals surface area (Å²) in [5, 5.41) is 9.33. The van der Waals surface area contributed by atoms with Gasteiger partial charge in [0.25, 0.3) is 5.89 Å². The topological polar surface area (TPSA) is 66.0 Å². The molecule has 0 saturated heterocycles. The molecule has 6 nitrogen and oxygen atoms in total. The highest BCUT2D eigenvalue weighted by atomic mass is 35.5. The molecule has 28 heavy (non-hydrogen) atoms. The van der Waals surface area contributed by atoms with Crippen LogP contribution >= 0.6 is 11.6 Å². The van der Waals surface area contributed by atoms with Crippen LogP contribution in [0.25, 0.3) is 23.0 Å². The summed E-state index contributed by atoms with van der Waals surface area (Å²) in [6.45, 7) is 3.21. The number of halogens is 1. The second-order valence-electron chi connectivity index (χ2n) is 6.85. The van der Waals surface area contributed by atoms with Crippen LogP contribution in [0.3, 0.4) is 0 Å². The van der Waals surface area contributed by atoms with Crippen molar-refractivity contribution in [2.24, 2.45) is 0 Å². The van der Waals surface area contributed by atoms with Crippen molar-refractivity contribution in [3.05, 3.63) is 76.4 Å². The molecule has 2 aromatic heterocycles. The minimum absolute atomic E-state index is 0.0226. The maximum atomic E-state index is 6.04. The van der Waals surface area contributed by atoms with Gasteiger partial charge in [0.1, 0.15) is 6.10 Å². The third-order valence-electron chi connectivity index (χ3n) is 4.81. The van der Waals surface area contributed by atoms with Gasteiger partial charge in [-0.25, -0.2) is 0 Å². The van der Waals surface area contributed by atoms with Crippen molar-refractivity contribution >= 4 is 11.6 Å². The normalized spacial score (nSPS) is 16.1. The first-order valence-electron chi connectivity index (χ1n) is 9.00. The zero-order valence-electron chi connectivity index (χ0n) is 15.2. The van der Waals surface area contributed by atoms with E-state index in [9.17, 15) is 0 Å². The summed E-state index contributed by atoms with van der Waals surface area (Å²) in [5.41, 5.74) is 4.81. The highest BCUT2D eigenvalue weighted by molar-refractivity contribution is 6.30. The highest BCUT2D eigenvalue weighted by Gasteiger charge is 2.24. The Kier molecular flexibility index (Phi) is 4.22. The summed E-state index contributed by atoms with van der Waals surface area (Å²) in [6, 6.07) is 17.7. The minimum atomic E-state index is -0.0226. The molecule has 0 bridgehead atoms. The SMILES string of the molecule is Cc1ccc(C2Cn3nc(-c4nc(-c5cccc(Cl)c5)no4)cc3CO2)cc1. The van der Waals surface area contributed by atoms with Crippen LogP contribution in [-0.2, 0) is 17.9 Å². The third kappa shape index (κ3) is 3.21. The molecular weight excluding hydrogens is 376 g/mol. The summed E-state index contributed by atoms with van der Waals surface area (Å²) in [7, 11) is 0. The van der Waals surface area contributed by atoms with E-state index in [1.807, 2.05) is 22.9 Å². The number of nitrogens with zero attached hydrogens (tertiary/aromatic N) is 4. The first-order chi connectivity index (χ1) is 13.7. The van der Waals surface area contributed by atoms with Gasteiger partial charge in [-0.2, -0.15) is 10.1 Å². The number of benzene rings is 2. The molecule has 3 heterocycles. The van der Waals surface area contributed by atoms with E-state index in [-0.39, 0.29) is 6.10 Å². The third-order valence-corrected chi connectivity index (χ3v) is 5.05. The minimum Gasteiger partial charge on any atom is -0.365 e. The predicted octanol–water partition coefficient (Wildman–Crippen LogP) is 4.83. The van der Waals surface area contributed by atoms with Crippen LogP contribution in [0.5, 0.6) is 0 Å². The van der Waals surface area contributed by atoms with Crippen LogP contribution < -0.4 is 0 Å². The molecule has 0 radical (unpaired) electrons. The Morgan fingerprint density at radius 2 is 1.96 bits per heavy atom. The zero-order chi connectivity index (χ0) is 19.1. The van der Waals surface area contributed by atoms with Crippen molar-refractivity contribution in [1.82, 2.24) is 19.9 Å². The Morgan fingerprint density at radius 3 is 2.79 bits per heavy atom. The molecule has 0 N–H and O–H groups in total. The lowest BCUT2D eigenvalue weighted by Crippen LogP contribution is -2.21. The molecule has 5 rings (SSSR count). The highest BCUT2D eigenvalue weighted by Crippen LogP contribution is 2.29. The molecule has 1 unspecified atom stereocenters. The van der Waals surface area contributed by atoms with E-state index in [4.69, 9.17) is 20.9 Å². The van der Waals surface area contributed by atoms with Gasteiger partial charge in [0.15, 0.2) is 5.69 Å². The van der Waals surface area contributed by atoms with Crippen LogP contribution in [0.15, 0.2) is 59.1 Å². The van der Waals surface area contributed by atoms with Gasteiger partial charge in [-0.15, -0.1) is 0 Å². The monoisotopic (exact) mass is 392 g/mol. The van der Waals surface area contributed by atoms with Gasteiger partial charge in [0.05, 0.1) is 18.8 Å². The van der Waals surface area contributed by atoms with Crippen LogP contribution in [0.2, 0.25) is 5.02 Å². The summed E-state index contributed by atoms with van der Waals surface area (Å²) in [5.74, 6) is 0.862. The fourth-order valence-corrected chi connectivity index (χ4v) is 3.48. The van der Waals surface area contributed by atoms with E-state index in [1.54, 1.807) is 12.1 Å². The molecule has 2 aromatic carbocycles. The van der Waals surface area contributed by atoms with Crippen molar-refractivity contribution < 1.29 is 9.26 Å². The molecule has 0 amide bonds. The van der Waals surface area contributed by atoms with Crippen LogP contribution in [0, 0.1) is 6.92 Å². The van der Waals surface area contributed by atoms with Gasteiger partial charge in [-0.1, -0.05) is 58.7 Å². The summed E-state index contributed by atoms with van der Waals surface area (Å²) < 4.78 is 13.4. The lowest BCUT2D eigenvalue weighted by atomic mass is 10.1. The molecule has 1 atom stereocenters. The van der Waals surface area contributed by atoms with Crippen molar-refractivity contribution in [2.45, 2.75) is 26.2 Å². The molecule has 0 aliphatic carbocycles. The van der Waals surface area contributed by atoms with Crippen LogP contribution in [0.4, 0.5) is 0 Å². The number of rotatable bonds is 3. The van der Waals surface area contributed by atoms with E-state index >= 15 is 0 Å². The van der Waals surface area contributed by atoms with Gasteiger partial charge >= 0.3 is 0 Å². The Labute approximate surface area is 166 Å². The number of ether oxygens (including phenoxy) is 1. The van der Waals surface area contributed by atoms with Crippen molar-refractivity contribution in [2.75, 3.05) is 0 Å². The first-order valence-corrected chi connectivity index (χ1v) is 9.38. The summed E-state index contributed by atoms with van der Waals surface area (Å²) in [4.78, 5) is 4.47. The van der Waals surface area contributed by atoms with Gasteiger partial charge in [-0.05, 0) is 30.7 Å². The molecule has 140 valence electrons. The Bertz CT molecular complexity index is 1130. The zero-order valence-corrected chi connectivity index (χ0v) is 15.9. The first kappa shape index (κ1) is 17.2. The Morgan fingerprint density at radius 1 is 1.11 bits per heavy atom. The standard InChI is InChI=1S/C21H17ClN4O2/c1-13-5-7-14(8-6-13)19-11-26-17(12-27-19)10-18(24-26)21-23-20(25-28-21)15-3-2-4-16(22)9-15/h2-10,19H,11-12H2,1H3. The smallest absolute Gasteiger partial charge is 0.278 e. The fourth-order valence-electron chi connectivity index (χ4n) is 3.29. The molecule has 0 saturated carbocycles. The maximum absolute atomic E-state index is 6.04. The fraction of sp³-hybridized carbons (Fsp3) is 0.190. The summed E-state index contributed by atoms with van der Waals surface area (Å²) >= 11 is 6.04. The second kappa shape index (κ2) is 6.89. The van der Waals surface area contributed by atoms with E-state index in [2.05, 4.69) is 46.4 Å². The predicted molar refractivity (Wildman–Crippen MR) is 105 cm³/mol. The Hall–Kier alpha value is -2.96.